The van der Waals surface area contributed by atoms with Gasteiger partial charge in [-0.1, -0.05) is 32.9 Å². The average Bonchev–Trinajstić information content (AvgIpc) is 3.12. The summed E-state index contributed by atoms with van der Waals surface area (Å²) in [7, 11) is 0. The van der Waals surface area contributed by atoms with E-state index in [2.05, 4.69) is 20.4 Å². The fourth-order valence-electron chi connectivity index (χ4n) is 2.97. The van der Waals surface area contributed by atoms with E-state index in [1.54, 1.807) is 16.8 Å². The molecular weight excluding hydrogens is 378 g/mol. The van der Waals surface area contributed by atoms with Crippen molar-refractivity contribution in [3.05, 3.63) is 60.6 Å². The summed E-state index contributed by atoms with van der Waals surface area (Å²) in [6.07, 6.45) is 4.87. The molecule has 0 unspecified atom stereocenters. The van der Waals surface area contributed by atoms with Crippen LogP contribution in [-0.2, 0) is 4.79 Å². The lowest BCUT2D eigenvalue weighted by molar-refractivity contribution is -0.123. The van der Waals surface area contributed by atoms with Gasteiger partial charge in [-0.3, -0.25) is 9.78 Å². The number of hydrogen-bond donors (Lipinski definition) is 2. The Morgan fingerprint density at radius 3 is 2.57 bits per heavy atom. The van der Waals surface area contributed by atoms with Gasteiger partial charge in [-0.15, -0.1) is 0 Å². The molecule has 3 heterocycles. The van der Waals surface area contributed by atoms with Crippen molar-refractivity contribution >= 4 is 17.2 Å². The number of imidazole rings is 1. The van der Waals surface area contributed by atoms with Crippen LogP contribution in [0.15, 0.2) is 55.0 Å². The number of carbonyl (C=O) groups is 1. The number of nitrogens with one attached hydrogen (secondary N) is 1. The van der Waals surface area contributed by atoms with Crippen LogP contribution in [0.2, 0.25) is 0 Å². The van der Waals surface area contributed by atoms with Crippen molar-refractivity contribution in [1.82, 2.24) is 19.6 Å². The third-order valence-electron chi connectivity index (χ3n) is 4.80. The van der Waals surface area contributed by atoms with Gasteiger partial charge in [0.25, 0.3) is 0 Å². The summed E-state index contributed by atoms with van der Waals surface area (Å²) in [5.41, 5.74) is 5.00. The molecule has 30 heavy (non-hydrogen) atoms. The van der Waals surface area contributed by atoms with E-state index in [0.29, 0.717) is 11.3 Å². The minimum absolute atomic E-state index is 0.0382. The molecule has 0 bridgehead atoms. The second-order valence-corrected chi connectivity index (χ2v) is 8.31. The van der Waals surface area contributed by atoms with Crippen molar-refractivity contribution in [2.45, 2.75) is 27.7 Å². The second-order valence-electron chi connectivity index (χ2n) is 8.31. The van der Waals surface area contributed by atoms with Crippen molar-refractivity contribution < 1.29 is 9.90 Å². The molecule has 0 aliphatic rings. The molecule has 1 aromatic carbocycles. The Hall–Kier alpha value is -3.74. The van der Waals surface area contributed by atoms with Crippen LogP contribution in [0.1, 0.15) is 26.3 Å². The normalized spacial score (nSPS) is 11.6. The monoisotopic (exact) mass is 401 g/mol. The van der Waals surface area contributed by atoms with Crippen LogP contribution in [0, 0.1) is 12.3 Å². The Kier molecular flexibility index (Phi) is 4.73. The van der Waals surface area contributed by atoms with Crippen LogP contribution in [0.4, 0.5) is 5.69 Å². The SMILES string of the molecule is Cc1ccc(-c2cn3nc(-c4cncc(O)c4)ccc3n2)cc1NC(=O)C(C)(C)C. The Balaban J connectivity index is 1.70. The van der Waals surface area contributed by atoms with E-state index in [1.807, 2.05) is 64.2 Å². The first-order valence-corrected chi connectivity index (χ1v) is 9.64. The number of rotatable bonds is 3. The predicted octanol–water partition coefficient (Wildman–Crippen LogP) is 4.46. The molecule has 2 N–H and O–H groups in total. The molecule has 4 aromatic rings. The van der Waals surface area contributed by atoms with Crippen LogP contribution < -0.4 is 5.32 Å². The maximum absolute atomic E-state index is 12.4. The number of carbonyl (C=O) groups excluding carboxylic acids is 1. The molecule has 0 aliphatic carbocycles. The maximum atomic E-state index is 12.4. The number of aromatic hydroxyl groups is 1. The quantitative estimate of drug-likeness (QED) is 0.529. The molecular formula is C23H23N5O2. The molecule has 1 amide bonds. The van der Waals surface area contributed by atoms with Gasteiger partial charge in [0.15, 0.2) is 5.65 Å². The van der Waals surface area contributed by atoms with E-state index < -0.39 is 5.41 Å². The Morgan fingerprint density at radius 2 is 1.83 bits per heavy atom. The number of anilines is 1. The van der Waals surface area contributed by atoms with E-state index in [1.165, 1.54) is 6.20 Å². The van der Waals surface area contributed by atoms with Gasteiger partial charge >= 0.3 is 0 Å². The highest BCUT2D eigenvalue weighted by Gasteiger charge is 2.22. The summed E-state index contributed by atoms with van der Waals surface area (Å²) in [5, 5.41) is 17.3. The maximum Gasteiger partial charge on any atom is 0.229 e. The molecule has 7 nitrogen and oxygen atoms in total. The number of nitrogens with zero attached hydrogens (tertiary/aromatic N) is 4. The van der Waals surface area contributed by atoms with Gasteiger partial charge in [0.2, 0.25) is 5.91 Å². The third kappa shape index (κ3) is 3.87. The fraction of sp³-hybridized carbons (Fsp3) is 0.217. The first-order chi connectivity index (χ1) is 14.2. The van der Waals surface area contributed by atoms with Crippen LogP contribution in [0.5, 0.6) is 5.75 Å². The first-order valence-electron chi connectivity index (χ1n) is 9.64. The first kappa shape index (κ1) is 19.6. The van der Waals surface area contributed by atoms with Crippen molar-refractivity contribution in [1.29, 1.82) is 0 Å². The predicted molar refractivity (Wildman–Crippen MR) is 116 cm³/mol. The van der Waals surface area contributed by atoms with E-state index >= 15 is 0 Å². The number of aromatic nitrogens is 4. The Bertz CT molecular complexity index is 1250. The lowest BCUT2D eigenvalue weighted by Crippen LogP contribution is -2.27. The van der Waals surface area contributed by atoms with E-state index in [9.17, 15) is 9.90 Å². The van der Waals surface area contributed by atoms with Crippen LogP contribution in [0.25, 0.3) is 28.2 Å². The molecule has 0 aliphatic heterocycles. The lowest BCUT2D eigenvalue weighted by Gasteiger charge is -2.19. The molecule has 0 saturated heterocycles. The summed E-state index contributed by atoms with van der Waals surface area (Å²) in [6, 6.07) is 11.2. The lowest BCUT2D eigenvalue weighted by atomic mass is 9.95. The summed E-state index contributed by atoms with van der Waals surface area (Å²) in [4.78, 5) is 21.1. The van der Waals surface area contributed by atoms with Gasteiger partial charge in [-0.05, 0) is 36.8 Å². The van der Waals surface area contributed by atoms with Crippen molar-refractivity contribution in [3.8, 4) is 28.3 Å². The van der Waals surface area contributed by atoms with E-state index in [4.69, 9.17) is 0 Å². The molecule has 152 valence electrons. The zero-order valence-corrected chi connectivity index (χ0v) is 17.3. The summed E-state index contributed by atoms with van der Waals surface area (Å²) in [5.74, 6) is 0.0500. The number of amides is 1. The molecule has 0 spiro atoms. The van der Waals surface area contributed by atoms with Crippen molar-refractivity contribution in [3.63, 3.8) is 0 Å². The highest BCUT2D eigenvalue weighted by atomic mass is 16.3. The number of benzene rings is 1. The van der Waals surface area contributed by atoms with Crippen LogP contribution >= 0.6 is 0 Å². The number of pyridine rings is 1. The highest BCUT2D eigenvalue weighted by molar-refractivity contribution is 5.95. The standard InChI is InChI=1S/C23H23N5O2/c1-14-5-6-15(10-19(14)26-22(30)23(2,3)4)20-13-28-21(25-20)8-7-18(27-28)16-9-17(29)12-24-11-16/h5-13,29H,1-4H3,(H,26,30). The van der Waals surface area contributed by atoms with E-state index in [0.717, 1.165) is 28.1 Å². The smallest absolute Gasteiger partial charge is 0.229 e. The molecule has 7 heteroatoms. The largest absolute Gasteiger partial charge is 0.506 e. The van der Waals surface area contributed by atoms with Gasteiger partial charge in [0.05, 0.1) is 23.8 Å². The summed E-state index contributed by atoms with van der Waals surface area (Å²) >= 11 is 0. The number of aryl methyl sites for hydroxylation is 1. The zero-order chi connectivity index (χ0) is 21.5. The van der Waals surface area contributed by atoms with Crippen molar-refractivity contribution in [2.75, 3.05) is 5.32 Å². The van der Waals surface area contributed by atoms with Crippen molar-refractivity contribution in [2.24, 2.45) is 5.41 Å². The Morgan fingerprint density at radius 1 is 1.03 bits per heavy atom. The minimum Gasteiger partial charge on any atom is -0.506 e. The molecule has 0 saturated carbocycles. The van der Waals surface area contributed by atoms with Gasteiger partial charge in [0, 0.05) is 28.4 Å². The zero-order valence-electron chi connectivity index (χ0n) is 17.3. The number of fused-ring (bicyclic) bond motifs is 1. The number of hydrogen-bond acceptors (Lipinski definition) is 5. The molecule has 0 radical (unpaired) electrons. The van der Waals surface area contributed by atoms with Crippen LogP contribution in [0.3, 0.4) is 0 Å². The van der Waals surface area contributed by atoms with Gasteiger partial charge in [0.1, 0.15) is 5.75 Å². The fourth-order valence-corrected chi connectivity index (χ4v) is 2.97. The van der Waals surface area contributed by atoms with Gasteiger partial charge < -0.3 is 10.4 Å². The van der Waals surface area contributed by atoms with Crippen LogP contribution in [-0.4, -0.2) is 30.6 Å². The van der Waals surface area contributed by atoms with Gasteiger partial charge in [-0.25, -0.2) is 9.50 Å². The highest BCUT2D eigenvalue weighted by Crippen LogP contribution is 2.27. The van der Waals surface area contributed by atoms with Gasteiger partial charge in [-0.2, -0.15) is 5.10 Å². The summed E-state index contributed by atoms with van der Waals surface area (Å²) in [6.45, 7) is 7.61. The third-order valence-corrected chi connectivity index (χ3v) is 4.80. The molecule has 3 aromatic heterocycles. The average molecular weight is 401 g/mol. The van der Waals surface area contributed by atoms with E-state index in [-0.39, 0.29) is 11.7 Å². The molecule has 4 rings (SSSR count). The molecule has 0 atom stereocenters. The second kappa shape index (κ2) is 7.26. The molecule has 0 fully saturated rings. The minimum atomic E-state index is -0.480. The topological polar surface area (TPSA) is 92.4 Å². The summed E-state index contributed by atoms with van der Waals surface area (Å²) < 4.78 is 1.70. The Labute approximate surface area is 174 Å².